The number of carbonyl (C=O) groups is 1. The number of alkyl halides is 1. The highest BCUT2D eigenvalue weighted by Gasteiger charge is 2.14. The van der Waals surface area contributed by atoms with Gasteiger partial charge in [0.05, 0.1) is 6.42 Å². The Balaban J connectivity index is 3.97. The van der Waals surface area contributed by atoms with E-state index >= 15 is 0 Å². The van der Waals surface area contributed by atoms with Crippen molar-refractivity contribution in [1.82, 2.24) is 0 Å². The molecule has 0 aliphatic rings. The van der Waals surface area contributed by atoms with Crippen LogP contribution in [0.15, 0.2) is 0 Å². The van der Waals surface area contributed by atoms with Crippen molar-refractivity contribution in [2.24, 2.45) is 0 Å². The molecule has 0 heterocycles. The van der Waals surface area contributed by atoms with Gasteiger partial charge in [0.15, 0.2) is 0 Å². The van der Waals surface area contributed by atoms with Gasteiger partial charge in [-0.25, -0.2) is 0 Å². The molecule has 0 bridgehead atoms. The average Bonchev–Trinajstić information content (AvgIpc) is 2.58. The quantitative estimate of drug-likeness (QED) is 0.133. The van der Waals surface area contributed by atoms with Crippen molar-refractivity contribution in [2.45, 2.75) is 103 Å². The molecule has 0 aliphatic heterocycles. The van der Waals surface area contributed by atoms with Crippen molar-refractivity contribution in [2.75, 3.05) is 16.8 Å². The molecule has 0 unspecified atom stereocenters. The van der Waals surface area contributed by atoms with E-state index < -0.39 is 0 Å². The van der Waals surface area contributed by atoms with Crippen molar-refractivity contribution in [3.8, 4) is 0 Å². The second-order valence-corrected chi connectivity index (χ2v) is 8.59. The second-order valence-electron chi connectivity index (χ2n) is 6.57. The summed E-state index contributed by atoms with van der Waals surface area (Å²) in [5.41, 5.74) is 0. The molecule has 0 atom stereocenters. The van der Waals surface area contributed by atoms with Crippen molar-refractivity contribution >= 4 is 33.7 Å². The molecule has 0 saturated carbocycles. The van der Waals surface area contributed by atoms with E-state index in [1.165, 1.54) is 64.2 Å². The standard InChI is InChI=1S/C20H39BrO2S/c1-3-5-7-9-11-13-19(14-12-10-8-6-4-2)23-20(22)15-17-24-18-16-21/h19H,3-18H2,1-2H3. The second kappa shape index (κ2) is 19.6. The van der Waals surface area contributed by atoms with E-state index in [9.17, 15) is 4.79 Å². The Bertz CT molecular complexity index is 260. The van der Waals surface area contributed by atoms with Crippen LogP contribution in [0.2, 0.25) is 0 Å². The maximum atomic E-state index is 12.0. The van der Waals surface area contributed by atoms with Crippen LogP contribution in [-0.2, 0) is 9.53 Å². The molecular weight excluding hydrogens is 384 g/mol. The summed E-state index contributed by atoms with van der Waals surface area (Å²) in [6.45, 7) is 4.49. The summed E-state index contributed by atoms with van der Waals surface area (Å²) in [7, 11) is 0. The summed E-state index contributed by atoms with van der Waals surface area (Å²) < 4.78 is 5.78. The lowest BCUT2D eigenvalue weighted by Crippen LogP contribution is -2.19. The Morgan fingerprint density at radius 2 is 1.42 bits per heavy atom. The molecule has 0 radical (unpaired) electrons. The number of carbonyl (C=O) groups excluding carboxylic acids is 1. The van der Waals surface area contributed by atoms with E-state index in [0.717, 1.165) is 29.7 Å². The molecule has 0 fully saturated rings. The highest BCUT2D eigenvalue weighted by molar-refractivity contribution is 9.09. The van der Waals surface area contributed by atoms with Gasteiger partial charge in [0.2, 0.25) is 0 Å². The zero-order chi connectivity index (χ0) is 17.9. The first-order valence-electron chi connectivity index (χ1n) is 10.1. The van der Waals surface area contributed by atoms with Gasteiger partial charge in [-0.3, -0.25) is 4.79 Å². The third-order valence-electron chi connectivity index (χ3n) is 4.23. The van der Waals surface area contributed by atoms with Gasteiger partial charge in [-0.2, -0.15) is 11.8 Å². The summed E-state index contributed by atoms with van der Waals surface area (Å²) in [6, 6.07) is 0. The lowest BCUT2D eigenvalue weighted by molar-refractivity contribution is -0.149. The van der Waals surface area contributed by atoms with Gasteiger partial charge in [-0.15, -0.1) is 0 Å². The predicted molar refractivity (Wildman–Crippen MR) is 112 cm³/mol. The normalized spacial score (nSPS) is 11.2. The molecule has 0 amide bonds. The lowest BCUT2D eigenvalue weighted by Gasteiger charge is -2.18. The first-order valence-corrected chi connectivity index (χ1v) is 12.3. The van der Waals surface area contributed by atoms with Gasteiger partial charge >= 0.3 is 5.97 Å². The van der Waals surface area contributed by atoms with Crippen LogP contribution in [0.25, 0.3) is 0 Å². The maximum Gasteiger partial charge on any atom is 0.306 e. The molecule has 0 aromatic rings. The molecule has 2 nitrogen and oxygen atoms in total. The Morgan fingerprint density at radius 1 is 0.875 bits per heavy atom. The zero-order valence-corrected chi connectivity index (χ0v) is 18.4. The van der Waals surface area contributed by atoms with Gasteiger partial charge in [-0.1, -0.05) is 81.1 Å². The number of hydrogen-bond acceptors (Lipinski definition) is 3. The van der Waals surface area contributed by atoms with E-state index in [1.54, 1.807) is 0 Å². The number of thioether (sulfide) groups is 1. The number of halogens is 1. The summed E-state index contributed by atoms with van der Waals surface area (Å²) >= 11 is 5.23. The largest absolute Gasteiger partial charge is 0.462 e. The maximum absolute atomic E-state index is 12.0. The van der Waals surface area contributed by atoms with Crippen LogP contribution in [0.3, 0.4) is 0 Å². The molecule has 0 aliphatic carbocycles. The van der Waals surface area contributed by atoms with E-state index in [-0.39, 0.29) is 12.1 Å². The predicted octanol–water partition coefficient (Wildman–Crippen LogP) is 7.14. The van der Waals surface area contributed by atoms with Crippen LogP contribution in [0.1, 0.15) is 97.3 Å². The first-order chi connectivity index (χ1) is 11.7. The molecule has 0 aromatic carbocycles. The van der Waals surface area contributed by atoms with Crippen LogP contribution >= 0.6 is 27.7 Å². The monoisotopic (exact) mass is 422 g/mol. The minimum absolute atomic E-state index is 0.00388. The minimum Gasteiger partial charge on any atom is -0.462 e. The molecule has 0 saturated heterocycles. The Labute approximate surface area is 163 Å². The zero-order valence-electron chi connectivity index (χ0n) is 16.0. The van der Waals surface area contributed by atoms with Crippen LogP contribution in [0.5, 0.6) is 0 Å². The fraction of sp³-hybridized carbons (Fsp3) is 0.950. The minimum atomic E-state index is 0.00388. The van der Waals surface area contributed by atoms with Crippen LogP contribution < -0.4 is 0 Å². The van der Waals surface area contributed by atoms with E-state index in [1.807, 2.05) is 11.8 Å². The number of esters is 1. The van der Waals surface area contributed by atoms with E-state index in [2.05, 4.69) is 29.8 Å². The fourth-order valence-corrected chi connectivity index (χ4v) is 4.08. The molecule has 0 aromatic heterocycles. The number of rotatable bonds is 18. The molecule has 0 N–H and O–H groups in total. The highest BCUT2D eigenvalue weighted by Crippen LogP contribution is 2.17. The SMILES string of the molecule is CCCCCCCC(CCCCCCC)OC(=O)CCSCCBr. The van der Waals surface area contributed by atoms with Crippen molar-refractivity contribution in [1.29, 1.82) is 0 Å². The van der Waals surface area contributed by atoms with Crippen molar-refractivity contribution in [3.63, 3.8) is 0 Å². The van der Waals surface area contributed by atoms with Crippen LogP contribution in [0.4, 0.5) is 0 Å². The number of ether oxygens (including phenoxy) is 1. The first kappa shape index (κ1) is 24.3. The van der Waals surface area contributed by atoms with Crippen molar-refractivity contribution < 1.29 is 9.53 Å². The molecule has 4 heteroatoms. The van der Waals surface area contributed by atoms with Gasteiger partial charge in [0, 0.05) is 16.8 Å². The van der Waals surface area contributed by atoms with Crippen molar-refractivity contribution in [3.05, 3.63) is 0 Å². The molecule has 0 spiro atoms. The number of hydrogen-bond donors (Lipinski definition) is 0. The van der Waals surface area contributed by atoms with Gasteiger partial charge in [-0.05, 0) is 25.7 Å². The van der Waals surface area contributed by atoms with Crippen LogP contribution in [0, 0.1) is 0 Å². The Kier molecular flexibility index (Phi) is 19.9. The fourth-order valence-electron chi connectivity index (χ4n) is 2.77. The van der Waals surface area contributed by atoms with E-state index in [4.69, 9.17) is 4.74 Å². The molecule has 0 rings (SSSR count). The summed E-state index contributed by atoms with van der Waals surface area (Å²) in [4.78, 5) is 12.0. The smallest absolute Gasteiger partial charge is 0.306 e. The Hall–Kier alpha value is 0.300. The summed E-state index contributed by atoms with van der Waals surface area (Å²) in [5, 5.41) is 0.991. The average molecular weight is 424 g/mol. The highest BCUT2D eigenvalue weighted by atomic mass is 79.9. The van der Waals surface area contributed by atoms with Crippen LogP contribution in [-0.4, -0.2) is 28.9 Å². The molecule has 24 heavy (non-hydrogen) atoms. The summed E-state index contributed by atoms with van der Waals surface area (Å²) in [5.74, 6) is 1.94. The van der Waals surface area contributed by atoms with Gasteiger partial charge in [0.1, 0.15) is 6.10 Å². The number of unbranched alkanes of at least 4 members (excludes halogenated alkanes) is 8. The van der Waals surface area contributed by atoms with E-state index in [0.29, 0.717) is 6.42 Å². The molecular formula is C20H39BrO2S. The molecule has 144 valence electrons. The van der Waals surface area contributed by atoms with Gasteiger partial charge < -0.3 is 4.74 Å². The Morgan fingerprint density at radius 3 is 1.92 bits per heavy atom. The lowest BCUT2D eigenvalue weighted by atomic mass is 10.0. The topological polar surface area (TPSA) is 26.3 Å². The third-order valence-corrected chi connectivity index (χ3v) is 6.14. The summed E-state index contributed by atoms with van der Waals surface area (Å²) in [6.07, 6.45) is 15.6. The third kappa shape index (κ3) is 17.1. The van der Waals surface area contributed by atoms with Gasteiger partial charge in [0.25, 0.3) is 0 Å².